The molecule has 2 saturated heterocycles. The summed E-state index contributed by atoms with van der Waals surface area (Å²) in [4.78, 5) is 16.1. The van der Waals surface area contributed by atoms with Gasteiger partial charge in [-0.3, -0.25) is 0 Å². The molecular weight excluding hydrogens is 204 g/mol. The molecule has 0 aromatic carbocycles. The summed E-state index contributed by atoms with van der Waals surface area (Å²) < 4.78 is 5.45. The van der Waals surface area contributed by atoms with Crippen LogP contribution in [0.15, 0.2) is 0 Å². The SMILES string of the molecule is CC1CCN(C(=O)N2CCOC(C)C2)CC1. The molecule has 0 saturated carbocycles. The van der Waals surface area contributed by atoms with E-state index in [0.717, 1.165) is 44.9 Å². The topological polar surface area (TPSA) is 32.8 Å². The van der Waals surface area contributed by atoms with Crippen LogP contribution in [0.4, 0.5) is 4.79 Å². The van der Waals surface area contributed by atoms with Gasteiger partial charge in [0, 0.05) is 26.2 Å². The smallest absolute Gasteiger partial charge is 0.320 e. The number of hydrogen-bond acceptors (Lipinski definition) is 2. The van der Waals surface area contributed by atoms with Crippen molar-refractivity contribution in [1.82, 2.24) is 9.80 Å². The Hall–Kier alpha value is -0.770. The Morgan fingerprint density at radius 1 is 1.12 bits per heavy atom. The second-order valence-electron chi connectivity index (χ2n) is 5.08. The maximum absolute atomic E-state index is 12.2. The highest BCUT2D eigenvalue weighted by Crippen LogP contribution is 2.18. The first-order chi connectivity index (χ1) is 7.66. The Morgan fingerprint density at radius 3 is 2.44 bits per heavy atom. The summed E-state index contributed by atoms with van der Waals surface area (Å²) in [6.07, 6.45) is 2.47. The third-order valence-electron chi connectivity index (χ3n) is 3.57. The Balaban J connectivity index is 1.86. The Labute approximate surface area is 97.5 Å². The first kappa shape index (κ1) is 11.7. The van der Waals surface area contributed by atoms with Gasteiger partial charge in [0.1, 0.15) is 0 Å². The van der Waals surface area contributed by atoms with Gasteiger partial charge in [-0.2, -0.15) is 0 Å². The number of morpholine rings is 1. The van der Waals surface area contributed by atoms with Gasteiger partial charge in [0.15, 0.2) is 0 Å². The second-order valence-corrected chi connectivity index (χ2v) is 5.08. The standard InChI is InChI=1S/C12H22N2O2/c1-10-3-5-13(6-4-10)12(15)14-7-8-16-11(2)9-14/h10-11H,3-9H2,1-2H3. The largest absolute Gasteiger partial charge is 0.375 e. The zero-order valence-corrected chi connectivity index (χ0v) is 10.3. The van der Waals surface area contributed by atoms with E-state index in [1.165, 1.54) is 0 Å². The normalized spacial score (nSPS) is 28.2. The van der Waals surface area contributed by atoms with Gasteiger partial charge in [0.2, 0.25) is 0 Å². The van der Waals surface area contributed by atoms with Crippen molar-refractivity contribution in [2.75, 3.05) is 32.8 Å². The van der Waals surface area contributed by atoms with Crippen LogP contribution in [0.25, 0.3) is 0 Å². The molecule has 2 aliphatic heterocycles. The number of likely N-dealkylation sites (tertiary alicyclic amines) is 1. The van der Waals surface area contributed by atoms with Crippen molar-refractivity contribution >= 4 is 6.03 Å². The molecule has 0 spiro atoms. The van der Waals surface area contributed by atoms with Crippen LogP contribution in [0.1, 0.15) is 26.7 Å². The van der Waals surface area contributed by atoms with Crippen molar-refractivity contribution in [1.29, 1.82) is 0 Å². The van der Waals surface area contributed by atoms with E-state index in [9.17, 15) is 4.79 Å². The summed E-state index contributed by atoms with van der Waals surface area (Å²) in [6.45, 7) is 8.30. The van der Waals surface area contributed by atoms with E-state index >= 15 is 0 Å². The minimum atomic E-state index is 0.182. The first-order valence-electron chi connectivity index (χ1n) is 6.32. The molecule has 0 aliphatic carbocycles. The van der Waals surface area contributed by atoms with Crippen LogP contribution in [0, 0.1) is 5.92 Å². The molecule has 2 rings (SSSR count). The predicted octanol–water partition coefficient (Wildman–Crippen LogP) is 1.56. The van der Waals surface area contributed by atoms with Crippen LogP contribution in [-0.2, 0) is 4.74 Å². The molecule has 0 aromatic heterocycles. The average Bonchev–Trinajstić information content (AvgIpc) is 2.29. The van der Waals surface area contributed by atoms with Gasteiger partial charge in [-0.25, -0.2) is 4.79 Å². The molecule has 2 amide bonds. The van der Waals surface area contributed by atoms with Gasteiger partial charge in [-0.1, -0.05) is 6.92 Å². The molecule has 1 unspecified atom stereocenters. The summed E-state index contributed by atoms with van der Waals surface area (Å²) in [5, 5.41) is 0. The summed E-state index contributed by atoms with van der Waals surface area (Å²) in [5.74, 6) is 0.771. The maximum Gasteiger partial charge on any atom is 0.320 e. The molecule has 0 N–H and O–H groups in total. The van der Waals surface area contributed by atoms with Gasteiger partial charge in [0.05, 0.1) is 12.7 Å². The lowest BCUT2D eigenvalue weighted by molar-refractivity contribution is -0.0104. The van der Waals surface area contributed by atoms with E-state index in [1.807, 2.05) is 16.7 Å². The van der Waals surface area contributed by atoms with Crippen LogP contribution in [0.3, 0.4) is 0 Å². The van der Waals surface area contributed by atoms with E-state index in [1.54, 1.807) is 0 Å². The molecule has 4 heteroatoms. The maximum atomic E-state index is 12.2. The number of hydrogen-bond donors (Lipinski definition) is 0. The number of carbonyl (C=O) groups excluding carboxylic acids is 1. The van der Waals surface area contributed by atoms with Crippen molar-refractivity contribution in [3.63, 3.8) is 0 Å². The second kappa shape index (κ2) is 5.04. The number of carbonyl (C=O) groups is 1. The molecule has 2 aliphatic rings. The zero-order chi connectivity index (χ0) is 11.5. The Kier molecular flexibility index (Phi) is 3.69. The molecule has 0 radical (unpaired) electrons. The third-order valence-corrected chi connectivity index (χ3v) is 3.57. The fraction of sp³-hybridized carbons (Fsp3) is 0.917. The molecule has 2 heterocycles. The predicted molar refractivity (Wildman–Crippen MR) is 62.4 cm³/mol. The van der Waals surface area contributed by atoms with Crippen molar-refractivity contribution in [3.8, 4) is 0 Å². The summed E-state index contributed by atoms with van der Waals surface area (Å²) in [7, 11) is 0. The first-order valence-corrected chi connectivity index (χ1v) is 6.32. The monoisotopic (exact) mass is 226 g/mol. The van der Waals surface area contributed by atoms with E-state index in [0.29, 0.717) is 6.61 Å². The number of urea groups is 1. The van der Waals surface area contributed by atoms with E-state index in [4.69, 9.17) is 4.74 Å². The molecule has 4 nitrogen and oxygen atoms in total. The quantitative estimate of drug-likeness (QED) is 0.628. The minimum Gasteiger partial charge on any atom is -0.375 e. The lowest BCUT2D eigenvalue weighted by Gasteiger charge is -2.38. The van der Waals surface area contributed by atoms with Gasteiger partial charge in [-0.15, -0.1) is 0 Å². The zero-order valence-electron chi connectivity index (χ0n) is 10.3. The lowest BCUT2D eigenvalue weighted by atomic mass is 9.99. The molecule has 1 atom stereocenters. The molecular formula is C12H22N2O2. The van der Waals surface area contributed by atoms with Crippen molar-refractivity contribution < 1.29 is 9.53 Å². The van der Waals surface area contributed by atoms with Crippen molar-refractivity contribution in [2.24, 2.45) is 5.92 Å². The molecule has 0 bridgehead atoms. The molecule has 0 aromatic rings. The number of rotatable bonds is 0. The van der Waals surface area contributed by atoms with E-state index < -0.39 is 0 Å². The fourth-order valence-electron chi connectivity index (χ4n) is 2.39. The van der Waals surface area contributed by atoms with Crippen LogP contribution in [0.5, 0.6) is 0 Å². The average molecular weight is 226 g/mol. The van der Waals surface area contributed by atoms with Gasteiger partial charge in [0.25, 0.3) is 0 Å². The van der Waals surface area contributed by atoms with E-state index in [2.05, 4.69) is 6.92 Å². The van der Waals surface area contributed by atoms with Crippen LogP contribution in [0.2, 0.25) is 0 Å². The number of nitrogens with zero attached hydrogens (tertiary/aromatic N) is 2. The molecule has 2 fully saturated rings. The number of ether oxygens (including phenoxy) is 1. The van der Waals surface area contributed by atoms with Crippen LogP contribution in [-0.4, -0.2) is 54.7 Å². The van der Waals surface area contributed by atoms with Gasteiger partial charge in [-0.05, 0) is 25.7 Å². The van der Waals surface area contributed by atoms with Gasteiger partial charge >= 0.3 is 6.03 Å². The lowest BCUT2D eigenvalue weighted by Crippen LogP contribution is -2.52. The van der Waals surface area contributed by atoms with Gasteiger partial charge < -0.3 is 14.5 Å². The highest BCUT2D eigenvalue weighted by atomic mass is 16.5. The third kappa shape index (κ3) is 2.67. The number of amides is 2. The van der Waals surface area contributed by atoms with Crippen LogP contribution >= 0.6 is 0 Å². The molecule has 16 heavy (non-hydrogen) atoms. The molecule has 92 valence electrons. The highest BCUT2D eigenvalue weighted by molar-refractivity contribution is 5.74. The van der Waals surface area contributed by atoms with E-state index in [-0.39, 0.29) is 12.1 Å². The summed E-state index contributed by atoms with van der Waals surface area (Å²) in [6, 6.07) is 0.210. The summed E-state index contributed by atoms with van der Waals surface area (Å²) in [5.41, 5.74) is 0. The number of piperidine rings is 1. The summed E-state index contributed by atoms with van der Waals surface area (Å²) >= 11 is 0. The fourth-order valence-corrected chi connectivity index (χ4v) is 2.39. The van der Waals surface area contributed by atoms with Crippen molar-refractivity contribution in [3.05, 3.63) is 0 Å². The highest BCUT2D eigenvalue weighted by Gasteiger charge is 2.27. The van der Waals surface area contributed by atoms with Crippen LogP contribution < -0.4 is 0 Å². The minimum absolute atomic E-state index is 0.182. The Morgan fingerprint density at radius 2 is 1.81 bits per heavy atom. The van der Waals surface area contributed by atoms with Crippen molar-refractivity contribution in [2.45, 2.75) is 32.8 Å². The Bertz CT molecular complexity index is 249.